The number of methoxy groups -OCH3 is 2. The summed E-state index contributed by atoms with van der Waals surface area (Å²) in [6.45, 7) is 0. The van der Waals surface area contributed by atoms with Gasteiger partial charge in [-0.3, -0.25) is 0 Å². The summed E-state index contributed by atoms with van der Waals surface area (Å²) in [7, 11) is 8.10. The fourth-order valence-electron chi connectivity index (χ4n) is 5.92. The minimum absolute atomic E-state index is 0.471. The van der Waals surface area contributed by atoms with Crippen molar-refractivity contribution < 1.29 is 19.1 Å². The van der Waals surface area contributed by atoms with E-state index in [4.69, 9.17) is 9.47 Å². The Kier molecular flexibility index (Phi) is 5.34. The lowest BCUT2D eigenvalue weighted by Gasteiger charge is -2.46. The highest BCUT2D eigenvalue weighted by molar-refractivity contribution is 5.49. The van der Waals surface area contributed by atoms with E-state index in [1.54, 1.807) is 14.2 Å². The van der Waals surface area contributed by atoms with Crippen molar-refractivity contribution in [3.63, 3.8) is 0 Å². The van der Waals surface area contributed by atoms with Gasteiger partial charge in [0.2, 0.25) is 0 Å². The first-order chi connectivity index (χ1) is 13.9. The molecule has 2 saturated heterocycles. The Morgan fingerprint density at radius 3 is 1.76 bits per heavy atom. The van der Waals surface area contributed by atoms with E-state index in [0.29, 0.717) is 24.4 Å². The summed E-state index contributed by atoms with van der Waals surface area (Å²) in [5, 5.41) is 12.3. The maximum absolute atomic E-state index is 12.3. The van der Waals surface area contributed by atoms with Gasteiger partial charge >= 0.3 is 0 Å². The molecule has 0 amide bonds. The van der Waals surface area contributed by atoms with Gasteiger partial charge in [-0.25, -0.2) is 0 Å². The minimum atomic E-state index is -1.15. The van der Waals surface area contributed by atoms with Crippen LogP contribution in [0.4, 0.5) is 0 Å². The van der Waals surface area contributed by atoms with Crippen molar-refractivity contribution in [2.75, 3.05) is 28.3 Å². The SMILES string of the molecule is COc1ccccc1C(O)(CC1C[C@H]2CC[C@H](C1)[N+]2(C)C)c1ccccc1OC. The molecule has 0 saturated carbocycles. The number of para-hydroxylation sites is 2. The number of fused-ring (bicyclic) bond motifs is 2. The Morgan fingerprint density at radius 1 is 0.862 bits per heavy atom. The van der Waals surface area contributed by atoms with Gasteiger partial charge in [-0.15, -0.1) is 0 Å². The fourth-order valence-corrected chi connectivity index (χ4v) is 5.92. The standard InChI is InChI=1S/C25H34NO3/c1-26(2)19-13-14-20(26)16-18(15-19)17-25(27,21-9-5-7-11-23(21)28-3)22-10-6-8-12-24(22)29-4/h5-12,18-20,27H,13-17H2,1-4H3/q+1/t19-,20-/m1/s1. The van der Waals surface area contributed by atoms with Crippen LogP contribution in [0.5, 0.6) is 11.5 Å². The summed E-state index contributed by atoms with van der Waals surface area (Å²) in [4.78, 5) is 0. The molecule has 1 N–H and O–H groups in total. The second-order valence-corrected chi connectivity index (χ2v) is 9.32. The normalized spacial score (nSPS) is 25.6. The van der Waals surface area contributed by atoms with E-state index in [-0.39, 0.29) is 0 Å². The lowest BCUT2D eigenvalue weighted by Crippen LogP contribution is -2.55. The Balaban J connectivity index is 1.76. The molecule has 0 unspecified atom stereocenters. The summed E-state index contributed by atoms with van der Waals surface area (Å²) in [5.74, 6) is 1.91. The monoisotopic (exact) mass is 396 g/mol. The molecule has 2 heterocycles. The molecule has 2 atom stereocenters. The largest absolute Gasteiger partial charge is 0.496 e. The van der Waals surface area contributed by atoms with Crippen molar-refractivity contribution in [3.8, 4) is 11.5 Å². The summed E-state index contributed by atoms with van der Waals surface area (Å²) in [5.41, 5.74) is 0.481. The first-order valence-electron chi connectivity index (χ1n) is 10.7. The third-order valence-corrected chi connectivity index (χ3v) is 7.62. The summed E-state index contributed by atoms with van der Waals surface area (Å²) >= 11 is 0. The zero-order valence-corrected chi connectivity index (χ0v) is 18.1. The predicted octanol–water partition coefficient (Wildman–Crippen LogP) is 4.35. The zero-order chi connectivity index (χ0) is 20.6. The molecule has 4 rings (SSSR count). The van der Waals surface area contributed by atoms with E-state index >= 15 is 0 Å². The van der Waals surface area contributed by atoms with E-state index in [1.165, 1.54) is 12.8 Å². The minimum Gasteiger partial charge on any atom is -0.496 e. The third kappa shape index (κ3) is 3.43. The fraction of sp³-hybridized carbons (Fsp3) is 0.520. The number of aliphatic hydroxyl groups is 1. The molecule has 29 heavy (non-hydrogen) atoms. The maximum atomic E-state index is 12.3. The van der Waals surface area contributed by atoms with E-state index in [9.17, 15) is 5.11 Å². The molecule has 2 aliphatic heterocycles. The van der Waals surface area contributed by atoms with Crippen LogP contribution in [0.1, 0.15) is 43.2 Å². The van der Waals surface area contributed by atoms with Crippen LogP contribution in [0.15, 0.2) is 48.5 Å². The highest BCUT2D eigenvalue weighted by Crippen LogP contribution is 2.49. The third-order valence-electron chi connectivity index (χ3n) is 7.62. The lowest BCUT2D eigenvalue weighted by molar-refractivity contribution is -0.931. The lowest BCUT2D eigenvalue weighted by atomic mass is 9.74. The molecular formula is C25H34NO3+. The quantitative estimate of drug-likeness (QED) is 0.738. The van der Waals surface area contributed by atoms with Gasteiger partial charge in [0, 0.05) is 36.8 Å². The van der Waals surface area contributed by atoms with Crippen LogP contribution in [0.3, 0.4) is 0 Å². The average molecular weight is 397 g/mol. The van der Waals surface area contributed by atoms with Gasteiger partial charge < -0.3 is 19.1 Å². The van der Waals surface area contributed by atoms with Gasteiger partial charge in [0.15, 0.2) is 0 Å². The van der Waals surface area contributed by atoms with Crippen molar-refractivity contribution in [2.24, 2.45) is 5.92 Å². The number of nitrogens with zero attached hydrogens (tertiary/aromatic N) is 1. The molecule has 2 fully saturated rings. The molecule has 0 aliphatic carbocycles. The van der Waals surface area contributed by atoms with E-state index < -0.39 is 5.60 Å². The molecule has 2 aromatic rings. The summed E-state index contributed by atoms with van der Waals surface area (Å²) in [6.07, 6.45) is 5.61. The number of ether oxygens (including phenoxy) is 2. The molecule has 4 heteroatoms. The topological polar surface area (TPSA) is 38.7 Å². The van der Waals surface area contributed by atoms with Crippen molar-refractivity contribution in [1.82, 2.24) is 0 Å². The number of rotatable bonds is 6. The van der Waals surface area contributed by atoms with Crippen LogP contribution in [0.2, 0.25) is 0 Å². The van der Waals surface area contributed by atoms with Crippen LogP contribution >= 0.6 is 0 Å². The molecular weight excluding hydrogens is 362 g/mol. The summed E-state index contributed by atoms with van der Waals surface area (Å²) < 4.78 is 12.5. The van der Waals surface area contributed by atoms with E-state index in [2.05, 4.69) is 14.1 Å². The number of quaternary nitrogens is 1. The van der Waals surface area contributed by atoms with E-state index in [1.807, 2.05) is 48.5 Å². The average Bonchev–Trinajstić information content (AvgIpc) is 2.89. The second-order valence-electron chi connectivity index (χ2n) is 9.32. The van der Waals surface area contributed by atoms with Gasteiger partial charge in [0.25, 0.3) is 0 Å². The van der Waals surface area contributed by atoms with Crippen LogP contribution in [-0.4, -0.2) is 50.0 Å². The highest BCUT2D eigenvalue weighted by atomic mass is 16.5. The molecule has 0 aromatic heterocycles. The van der Waals surface area contributed by atoms with Crippen molar-refractivity contribution in [3.05, 3.63) is 59.7 Å². The molecule has 156 valence electrons. The number of hydrogen-bond acceptors (Lipinski definition) is 3. The predicted molar refractivity (Wildman–Crippen MR) is 115 cm³/mol. The Morgan fingerprint density at radius 2 is 1.31 bits per heavy atom. The van der Waals surface area contributed by atoms with Gasteiger partial charge in [-0.05, 0) is 24.5 Å². The van der Waals surface area contributed by atoms with Crippen LogP contribution in [-0.2, 0) is 5.60 Å². The van der Waals surface area contributed by atoms with Gasteiger partial charge in [0.1, 0.15) is 17.1 Å². The van der Waals surface area contributed by atoms with Crippen LogP contribution in [0, 0.1) is 5.92 Å². The molecule has 2 bridgehead atoms. The first-order valence-corrected chi connectivity index (χ1v) is 10.7. The van der Waals surface area contributed by atoms with Crippen molar-refractivity contribution >= 4 is 0 Å². The van der Waals surface area contributed by atoms with Crippen LogP contribution in [0.25, 0.3) is 0 Å². The van der Waals surface area contributed by atoms with Crippen LogP contribution < -0.4 is 9.47 Å². The molecule has 2 aliphatic rings. The Hall–Kier alpha value is -2.04. The number of piperidine rings is 1. The molecule has 4 nitrogen and oxygen atoms in total. The Labute approximate surface area is 174 Å². The molecule has 2 aromatic carbocycles. The van der Waals surface area contributed by atoms with Gasteiger partial charge in [-0.2, -0.15) is 0 Å². The second kappa shape index (κ2) is 7.66. The zero-order valence-electron chi connectivity index (χ0n) is 18.1. The maximum Gasteiger partial charge on any atom is 0.125 e. The summed E-state index contributed by atoms with van der Waals surface area (Å²) in [6, 6.07) is 17.1. The first kappa shape index (κ1) is 20.2. The Bertz CT molecular complexity index is 799. The van der Waals surface area contributed by atoms with Gasteiger partial charge in [-0.1, -0.05) is 36.4 Å². The van der Waals surface area contributed by atoms with Crippen molar-refractivity contribution in [1.29, 1.82) is 0 Å². The molecule has 0 spiro atoms. The molecule has 0 radical (unpaired) electrons. The highest BCUT2D eigenvalue weighted by Gasteiger charge is 2.51. The van der Waals surface area contributed by atoms with Crippen molar-refractivity contribution in [2.45, 2.75) is 49.8 Å². The van der Waals surface area contributed by atoms with E-state index in [0.717, 1.165) is 40.0 Å². The van der Waals surface area contributed by atoms with Gasteiger partial charge in [0.05, 0.1) is 40.4 Å². The smallest absolute Gasteiger partial charge is 0.125 e. The number of hydrogen-bond donors (Lipinski definition) is 1. The number of benzene rings is 2.